The highest BCUT2D eigenvalue weighted by molar-refractivity contribution is 5.32. The van der Waals surface area contributed by atoms with E-state index < -0.39 is 0 Å². The largest absolute Gasteiger partial charge is 0.497 e. The van der Waals surface area contributed by atoms with Crippen LogP contribution in [0.5, 0.6) is 11.5 Å². The zero-order valence-corrected chi connectivity index (χ0v) is 15.2. The van der Waals surface area contributed by atoms with Crippen LogP contribution >= 0.6 is 0 Å². The van der Waals surface area contributed by atoms with Crippen molar-refractivity contribution >= 4 is 0 Å². The number of ether oxygens (including phenoxy) is 2. The third kappa shape index (κ3) is 4.83. The van der Waals surface area contributed by atoms with Gasteiger partial charge in [0, 0.05) is 25.0 Å². The summed E-state index contributed by atoms with van der Waals surface area (Å²) >= 11 is 0. The van der Waals surface area contributed by atoms with Crippen LogP contribution in [0.25, 0.3) is 0 Å². The Morgan fingerprint density at radius 3 is 1.92 bits per heavy atom. The number of methoxy groups -OCH3 is 2. The van der Waals surface area contributed by atoms with E-state index in [9.17, 15) is 0 Å². The van der Waals surface area contributed by atoms with E-state index in [1.807, 2.05) is 48.8 Å². The minimum absolute atomic E-state index is 0.197. The first-order chi connectivity index (χ1) is 12.8. The highest BCUT2D eigenvalue weighted by Gasteiger charge is 2.12. The molecule has 0 spiro atoms. The number of hydrogen-bond acceptors (Lipinski definition) is 4. The van der Waals surface area contributed by atoms with Crippen LogP contribution in [0.4, 0.5) is 0 Å². The second kappa shape index (κ2) is 9.02. The van der Waals surface area contributed by atoms with Gasteiger partial charge in [0.05, 0.1) is 14.2 Å². The lowest BCUT2D eigenvalue weighted by Crippen LogP contribution is -2.23. The van der Waals surface area contributed by atoms with Gasteiger partial charge in [-0.25, -0.2) is 0 Å². The molecule has 4 heteroatoms. The number of aromatic nitrogens is 1. The maximum atomic E-state index is 5.28. The van der Waals surface area contributed by atoms with Gasteiger partial charge in [-0.15, -0.1) is 0 Å². The summed E-state index contributed by atoms with van der Waals surface area (Å²) in [5.74, 6) is 1.74. The molecule has 3 rings (SSSR count). The summed E-state index contributed by atoms with van der Waals surface area (Å²) < 4.78 is 10.5. The molecule has 0 radical (unpaired) electrons. The molecule has 4 nitrogen and oxygen atoms in total. The van der Waals surface area contributed by atoms with Crippen molar-refractivity contribution in [1.82, 2.24) is 10.3 Å². The zero-order chi connectivity index (χ0) is 18.2. The van der Waals surface area contributed by atoms with E-state index in [0.717, 1.165) is 24.5 Å². The van der Waals surface area contributed by atoms with Gasteiger partial charge in [0.25, 0.3) is 0 Å². The average Bonchev–Trinajstić information content (AvgIpc) is 2.72. The minimum Gasteiger partial charge on any atom is -0.497 e. The van der Waals surface area contributed by atoms with E-state index in [1.54, 1.807) is 14.2 Å². The zero-order valence-electron chi connectivity index (χ0n) is 15.2. The molecule has 1 N–H and O–H groups in total. The van der Waals surface area contributed by atoms with Gasteiger partial charge in [0.1, 0.15) is 11.5 Å². The number of pyridine rings is 1. The number of rotatable bonds is 8. The fraction of sp³-hybridized carbons (Fsp3) is 0.227. The predicted octanol–water partition coefficient (Wildman–Crippen LogP) is 4.17. The summed E-state index contributed by atoms with van der Waals surface area (Å²) in [6, 6.07) is 20.7. The maximum Gasteiger partial charge on any atom is 0.118 e. The van der Waals surface area contributed by atoms with Crippen molar-refractivity contribution in [2.45, 2.75) is 19.0 Å². The van der Waals surface area contributed by atoms with Crippen molar-refractivity contribution in [2.75, 3.05) is 14.2 Å². The Morgan fingerprint density at radius 1 is 0.769 bits per heavy atom. The van der Waals surface area contributed by atoms with Gasteiger partial charge in [-0.2, -0.15) is 0 Å². The van der Waals surface area contributed by atoms with Crippen LogP contribution < -0.4 is 14.8 Å². The van der Waals surface area contributed by atoms with Crippen molar-refractivity contribution in [3.05, 3.63) is 89.7 Å². The monoisotopic (exact) mass is 348 g/mol. The number of benzene rings is 2. The van der Waals surface area contributed by atoms with Gasteiger partial charge in [-0.3, -0.25) is 4.98 Å². The predicted molar refractivity (Wildman–Crippen MR) is 104 cm³/mol. The molecule has 0 aliphatic heterocycles. The normalized spacial score (nSPS) is 11.8. The number of nitrogens with zero attached hydrogens (tertiary/aromatic N) is 1. The molecule has 0 amide bonds. The van der Waals surface area contributed by atoms with Crippen LogP contribution in [0.1, 0.15) is 22.7 Å². The second-order valence-electron chi connectivity index (χ2n) is 6.11. The van der Waals surface area contributed by atoms with E-state index in [2.05, 4.69) is 34.6 Å². The summed E-state index contributed by atoms with van der Waals surface area (Å²) in [4.78, 5) is 4.08. The molecule has 0 aliphatic carbocycles. The summed E-state index contributed by atoms with van der Waals surface area (Å²) in [5.41, 5.74) is 3.71. The van der Waals surface area contributed by atoms with Crippen LogP contribution in [0.2, 0.25) is 0 Å². The standard InChI is InChI=1S/C22H24N2O2/c1-25-20-7-3-17(4-8-20)15-22(19-5-9-21(26-2)10-6-19)24-16-18-11-13-23-14-12-18/h3-14,22,24H,15-16H2,1-2H3/t22-/m0/s1. The molecular formula is C22H24N2O2. The molecule has 0 unspecified atom stereocenters. The van der Waals surface area contributed by atoms with Crippen molar-refractivity contribution in [1.29, 1.82) is 0 Å². The fourth-order valence-electron chi connectivity index (χ4n) is 2.88. The van der Waals surface area contributed by atoms with Crippen molar-refractivity contribution in [2.24, 2.45) is 0 Å². The lowest BCUT2D eigenvalue weighted by molar-refractivity contribution is 0.414. The van der Waals surface area contributed by atoms with Crippen LogP contribution in [-0.2, 0) is 13.0 Å². The van der Waals surface area contributed by atoms with Gasteiger partial charge in [0.15, 0.2) is 0 Å². The van der Waals surface area contributed by atoms with Crippen molar-refractivity contribution < 1.29 is 9.47 Å². The Morgan fingerprint density at radius 2 is 1.35 bits per heavy atom. The highest BCUT2D eigenvalue weighted by atomic mass is 16.5. The third-order valence-corrected chi connectivity index (χ3v) is 4.42. The van der Waals surface area contributed by atoms with E-state index in [0.29, 0.717) is 0 Å². The Bertz CT molecular complexity index is 787. The first-order valence-corrected chi connectivity index (χ1v) is 8.67. The molecule has 0 saturated heterocycles. The topological polar surface area (TPSA) is 43.4 Å². The first kappa shape index (κ1) is 18.0. The SMILES string of the molecule is COc1ccc(C[C@H](NCc2ccncc2)c2ccc(OC)cc2)cc1. The molecule has 1 atom stereocenters. The average molecular weight is 348 g/mol. The van der Waals surface area contributed by atoms with E-state index >= 15 is 0 Å². The molecule has 134 valence electrons. The smallest absolute Gasteiger partial charge is 0.118 e. The molecule has 2 aromatic carbocycles. The summed E-state index contributed by atoms with van der Waals surface area (Å²) in [6.45, 7) is 0.787. The number of hydrogen-bond donors (Lipinski definition) is 1. The van der Waals surface area contributed by atoms with Gasteiger partial charge >= 0.3 is 0 Å². The van der Waals surface area contributed by atoms with Crippen molar-refractivity contribution in [3.8, 4) is 11.5 Å². The molecule has 1 aromatic heterocycles. The molecular weight excluding hydrogens is 324 g/mol. The Kier molecular flexibility index (Phi) is 6.23. The van der Waals surface area contributed by atoms with E-state index in [4.69, 9.17) is 9.47 Å². The third-order valence-electron chi connectivity index (χ3n) is 4.42. The molecule has 0 bridgehead atoms. The quantitative estimate of drug-likeness (QED) is 0.663. The highest BCUT2D eigenvalue weighted by Crippen LogP contribution is 2.23. The van der Waals surface area contributed by atoms with Gasteiger partial charge in [-0.05, 0) is 59.5 Å². The Hall–Kier alpha value is -2.85. The lowest BCUT2D eigenvalue weighted by atomic mass is 9.98. The first-order valence-electron chi connectivity index (χ1n) is 8.67. The number of nitrogens with one attached hydrogen (secondary N) is 1. The van der Waals surface area contributed by atoms with Crippen LogP contribution in [0.3, 0.4) is 0 Å². The van der Waals surface area contributed by atoms with Gasteiger partial charge in [0.2, 0.25) is 0 Å². The van der Waals surface area contributed by atoms with Crippen LogP contribution in [-0.4, -0.2) is 19.2 Å². The Labute approximate surface area is 154 Å². The van der Waals surface area contributed by atoms with Gasteiger partial charge < -0.3 is 14.8 Å². The van der Waals surface area contributed by atoms with Crippen molar-refractivity contribution in [3.63, 3.8) is 0 Å². The summed E-state index contributed by atoms with van der Waals surface area (Å²) in [7, 11) is 3.37. The summed E-state index contributed by atoms with van der Waals surface area (Å²) in [6.07, 6.45) is 4.53. The second-order valence-corrected chi connectivity index (χ2v) is 6.11. The van der Waals surface area contributed by atoms with Crippen LogP contribution in [0.15, 0.2) is 73.1 Å². The summed E-state index contributed by atoms with van der Waals surface area (Å²) in [5, 5.41) is 3.67. The maximum absolute atomic E-state index is 5.28. The molecule has 0 aliphatic rings. The van der Waals surface area contributed by atoms with E-state index in [1.165, 1.54) is 16.7 Å². The van der Waals surface area contributed by atoms with Gasteiger partial charge in [-0.1, -0.05) is 24.3 Å². The molecule has 0 fully saturated rings. The molecule has 26 heavy (non-hydrogen) atoms. The van der Waals surface area contributed by atoms with Crippen LogP contribution in [0, 0.1) is 0 Å². The molecule has 1 heterocycles. The molecule has 0 saturated carbocycles. The molecule has 3 aromatic rings. The fourth-order valence-corrected chi connectivity index (χ4v) is 2.88. The van der Waals surface area contributed by atoms with E-state index in [-0.39, 0.29) is 6.04 Å². The Balaban J connectivity index is 1.77. The lowest BCUT2D eigenvalue weighted by Gasteiger charge is -2.20. The minimum atomic E-state index is 0.197.